The molecule has 1 aromatic heterocycles. The maximum atomic E-state index is 8.70. The van der Waals surface area contributed by atoms with Crippen LogP contribution in [0.2, 0.25) is 0 Å². The molecule has 1 saturated heterocycles. The summed E-state index contributed by atoms with van der Waals surface area (Å²) in [6.45, 7) is 2.37. The van der Waals surface area contributed by atoms with Gasteiger partial charge in [-0.3, -0.25) is 0 Å². The monoisotopic (exact) mass is 237 g/mol. The van der Waals surface area contributed by atoms with E-state index in [1.807, 2.05) is 6.07 Å². The number of nitrogens with two attached hydrogens (primary N) is 1. The van der Waals surface area contributed by atoms with E-state index in [9.17, 15) is 0 Å². The fourth-order valence-corrected chi connectivity index (χ4v) is 2.08. The van der Waals surface area contributed by atoms with Gasteiger partial charge in [-0.1, -0.05) is 0 Å². The third-order valence-corrected chi connectivity index (χ3v) is 2.98. The van der Waals surface area contributed by atoms with Crippen LogP contribution >= 0.6 is 0 Å². The van der Waals surface area contributed by atoms with Crippen molar-refractivity contribution < 1.29 is 9.84 Å². The lowest BCUT2D eigenvalue weighted by Crippen LogP contribution is -2.37. The Kier molecular flexibility index (Phi) is 4.17. The molecule has 3 N–H and O–H groups in total. The molecular formula is C12H19N3O2. The van der Waals surface area contributed by atoms with E-state index < -0.39 is 0 Å². The Balaban J connectivity index is 1.86. The Morgan fingerprint density at radius 1 is 1.47 bits per heavy atom. The van der Waals surface area contributed by atoms with Gasteiger partial charge in [0.05, 0.1) is 19.3 Å². The molecule has 2 heterocycles. The predicted molar refractivity (Wildman–Crippen MR) is 66.9 cm³/mol. The van der Waals surface area contributed by atoms with E-state index in [1.165, 1.54) is 0 Å². The molecule has 1 aliphatic heterocycles. The third kappa shape index (κ3) is 3.31. The minimum atomic E-state index is 0.0942. The molecule has 1 fully saturated rings. The number of pyridine rings is 1. The first kappa shape index (κ1) is 12.1. The van der Waals surface area contributed by atoms with Crippen LogP contribution in [0.3, 0.4) is 0 Å². The fraction of sp³-hybridized carbons (Fsp3) is 0.583. The molecule has 0 aliphatic carbocycles. The summed E-state index contributed by atoms with van der Waals surface area (Å²) in [7, 11) is 0. The van der Waals surface area contributed by atoms with Gasteiger partial charge in [-0.2, -0.15) is 0 Å². The van der Waals surface area contributed by atoms with Gasteiger partial charge in [-0.05, 0) is 18.9 Å². The molecule has 94 valence electrons. The highest BCUT2D eigenvalue weighted by Crippen LogP contribution is 2.20. The molecule has 0 bridgehead atoms. The summed E-state index contributed by atoms with van der Waals surface area (Å²) in [5, 5.41) is 8.70. The van der Waals surface area contributed by atoms with Crippen LogP contribution in [0.4, 0.5) is 11.5 Å². The van der Waals surface area contributed by atoms with E-state index in [1.54, 1.807) is 12.3 Å². The zero-order chi connectivity index (χ0) is 12.1. The molecule has 1 aromatic rings. The van der Waals surface area contributed by atoms with Crippen molar-refractivity contribution in [2.24, 2.45) is 0 Å². The molecule has 2 rings (SSSR count). The number of aliphatic hydroxyl groups excluding tert-OH is 1. The van der Waals surface area contributed by atoms with E-state index in [2.05, 4.69) is 9.88 Å². The van der Waals surface area contributed by atoms with E-state index in [4.69, 9.17) is 15.6 Å². The summed E-state index contributed by atoms with van der Waals surface area (Å²) < 4.78 is 5.52. The molecular weight excluding hydrogens is 218 g/mol. The van der Waals surface area contributed by atoms with Crippen LogP contribution in [0, 0.1) is 0 Å². The molecule has 17 heavy (non-hydrogen) atoms. The van der Waals surface area contributed by atoms with Crippen LogP contribution < -0.4 is 10.6 Å². The first-order valence-corrected chi connectivity index (χ1v) is 5.98. The van der Waals surface area contributed by atoms with Crippen molar-refractivity contribution >= 4 is 11.5 Å². The van der Waals surface area contributed by atoms with Gasteiger partial charge in [-0.15, -0.1) is 0 Å². The Bertz CT molecular complexity index is 351. The summed E-state index contributed by atoms with van der Waals surface area (Å²) in [5.41, 5.74) is 6.48. The van der Waals surface area contributed by atoms with Crippen molar-refractivity contribution in [3.8, 4) is 0 Å². The highest BCUT2D eigenvalue weighted by Gasteiger charge is 2.20. The number of hydrogen-bond donors (Lipinski definition) is 2. The number of hydrogen-bond acceptors (Lipinski definition) is 5. The van der Waals surface area contributed by atoms with E-state index >= 15 is 0 Å². The normalized spacial score (nSPS) is 17.4. The highest BCUT2D eigenvalue weighted by molar-refractivity contribution is 5.50. The third-order valence-electron chi connectivity index (χ3n) is 2.98. The molecule has 1 aliphatic rings. The topological polar surface area (TPSA) is 71.6 Å². The maximum Gasteiger partial charge on any atom is 0.130 e. The predicted octanol–water partition coefficient (Wildman–Crippen LogP) is 0.641. The molecule has 0 atom stereocenters. The standard InChI is InChI=1S/C12H19N3O2/c13-10-1-4-14-12(9-10)15-5-2-11(3-6-15)17-8-7-16/h1,4,9,11,16H,2-3,5-8H2,(H2,13,14). The lowest BCUT2D eigenvalue weighted by atomic mass is 10.1. The minimum Gasteiger partial charge on any atom is -0.399 e. The molecule has 0 amide bonds. The SMILES string of the molecule is Nc1ccnc(N2CCC(OCCO)CC2)c1. The summed E-state index contributed by atoms with van der Waals surface area (Å²) >= 11 is 0. The average Bonchev–Trinajstić information content (AvgIpc) is 2.37. The Morgan fingerprint density at radius 2 is 2.24 bits per heavy atom. The van der Waals surface area contributed by atoms with Gasteiger partial charge in [0.15, 0.2) is 0 Å². The van der Waals surface area contributed by atoms with Gasteiger partial charge in [0.25, 0.3) is 0 Å². The molecule has 5 nitrogen and oxygen atoms in total. The summed E-state index contributed by atoms with van der Waals surface area (Å²) in [6.07, 6.45) is 3.94. The number of ether oxygens (including phenoxy) is 1. The maximum absolute atomic E-state index is 8.70. The zero-order valence-corrected chi connectivity index (χ0v) is 9.88. The van der Waals surface area contributed by atoms with Crippen molar-refractivity contribution in [3.63, 3.8) is 0 Å². The molecule has 5 heteroatoms. The largest absolute Gasteiger partial charge is 0.399 e. The van der Waals surface area contributed by atoms with Gasteiger partial charge in [0, 0.05) is 31.0 Å². The van der Waals surface area contributed by atoms with E-state index in [0.29, 0.717) is 6.61 Å². The van der Waals surface area contributed by atoms with Crippen LogP contribution in [0.25, 0.3) is 0 Å². The summed E-state index contributed by atoms with van der Waals surface area (Å²) in [6, 6.07) is 3.69. The van der Waals surface area contributed by atoms with Crippen molar-refractivity contribution in [2.75, 3.05) is 36.9 Å². The lowest BCUT2D eigenvalue weighted by molar-refractivity contribution is 0.0158. The van der Waals surface area contributed by atoms with Gasteiger partial charge in [0.2, 0.25) is 0 Å². The fourth-order valence-electron chi connectivity index (χ4n) is 2.08. The summed E-state index contributed by atoms with van der Waals surface area (Å²) in [4.78, 5) is 6.53. The van der Waals surface area contributed by atoms with E-state index in [-0.39, 0.29) is 12.7 Å². The number of aromatic nitrogens is 1. The van der Waals surface area contributed by atoms with Crippen molar-refractivity contribution in [2.45, 2.75) is 18.9 Å². The van der Waals surface area contributed by atoms with Gasteiger partial charge in [0.1, 0.15) is 5.82 Å². The van der Waals surface area contributed by atoms with Gasteiger partial charge < -0.3 is 20.5 Å². The molecule has 0 unspecified atom stereocenters. The van der Waals surface area contributed by atoms with E-state index in [0.717, 1.165) is 37.4 Å². The number of rotatable bonds is 4. The number of nitrogen functional groups attached to an aromatic ring is 1. The first-order valence-electron chi connectivity index (χ1n) is 5.98. The molecule has 0 saturated carbocycles. The Labute approximate surface area is 101 Å². The second kappa shape index (κ2) is 5.84. The Hall–Kier alpha value is -1.33. The first-order chi connectivity index (χ1) is 8.29. The second-order valence-electron chi connectivity index (χ2n) is 4.23. The van der Waals surface area contributed by atoms with Crippen molar-refractivity contribution in [1.82, 2.24) is 4.98 Å². The number of piperidine rings is 1. The molecule has 0 radical (unpaired) electrons. The van der Waals surface area contributed by atoms with Crippen LogP contribution in [0.15, 0.2) is 18.3 Å². The van der Waals surface area contributed by atoms with Crippen LogP contribution in [-0.4, -0.2) is 42.5 Å². The Morgan fingerprint density at radius 3 is 2.88 bits per heavy atom. The quantitative estimate of drug-likeness (QED) is 0.804. The smallest absolute Gasteiger partial charge is 0.130 e. The zero-order valence-electron chi connectivity index (χ0n) is 9.88. The van der Waals surface area contributed by atoms with Crippen molar-refractivity contribution in [1.29, 1.82) is 0 Å². The van der Waals surface area contributed by atoms with Crippen LogP contribution in [0.5, 0.6) is 0 Å². The minimum absolute atomic E-state index is 0.0942. The molecule has 0 aromatic carbocycles. The number of aliphatic hydroxyl groups is 1. The average molecular weight is 237 g/mol. The van der Waals surface area contributed by atoms with Gasteiger partial charge in [-0.25, -0.2) is 4.98 Å². The second-order valence-corrected chi connectivity index (χ2v) is 4.23. The van der Waals surface area contributed by atoms with Crippen LogP contribution in [-0.2, 0) is 4.74 Å². The highest BCUT2D eigenvalue weighted by atomic mass is 16.5. The summed E-state index contributed by atoms with van der Waals surface area (Å²) in [5.74, 6) is 0.936. The number of nitrogens with zero attached hydrogens (tertiary/aromatic N) is 2. The van der Waals surface area contributed by atoms with Crippen molar-refractivity contribution in [3.05, 3.63) is 18.3 Å². The molecule has 0 spiro atoms. The number of anilines is 2. The van der Waals surface area contributed by atoms with Crippen LogP contribution in [0.1, 0.15) is 12.8 Å². The van der Waals surface area contributed by atoms with Gasteiger partial charge >= 0.3 is 0 Å². The lowest BCUT2D eigenvalue weighted by Gasteiger charge is -2.32.